The van der Waals surface area contributed by atoms with Crippen LogP contribution < -0.4 is 11.1 Å². The molecule has 0 fully saturated rings. The minimum absolute atomic E-state index is 0.327. The largest absolute Gasteiger partial charge is 0.368 e. The fourth-order valence-electron chi connectivity index (χ4n) is 1.22. The number of anilines is 1. The van der Waals surface area contributed by atoms with Gasteiger partial charge in [0.25, 0.3) is 0 Å². The van der Waals surface area contributed by atoms with E-state index in [1.54, 1.807) is 13.0 Å². The normalized spacial score (nSPS) is 12.6. The van der Waals surface area contributed by atoms with Gasteiger partial charge in [-0.2, -0.15) is 0 Å². The van der Waals surface area contributed by atoms with Gasteiger partial charge in [-0.15, -0.1) is 0 Å². The van der Waals surface area contributed by atoms with Gasteiger partial charge in [0, 0.05) is 6.07 Å². The molecule has 0 spiro atoms. The lowest BCUT2D eigenvalue weighted by atomic mass is 10.3. The van der Waals surface area contributed by atoms with Gasteiger partial charge in [0.2, 0.25) is 5.91 Å². The first-order chi connectivity index (χ1) is 7.56. The zero-order valence-electron chi connectivity index (χ0n) is 8.53. The predicted octanol–water partition coefficient (Wildman–Crippen LogP) is 1.72. The quantitative estimate of drug-likeness (QED) is 0.857. The number of hydrogen-bond donors (Lipinski definition) is 2. The second-order valence-electron chi connectivity index (χ2n) is 3.40. The highest BCUT2D eigenvalue weighted by Gasteiger charge is 2.11. The predicted molar refractivity (Wildman–Crippen MR) is 61.9 cm³/mol. The summed E-state index contributed by atoms with van der Waals surface area (Å²) in [4.78, 5) is 15.0. The second kappa shape index (κ2) is 4.05. The monoisotopic (exact) mass is 239 g/mol. The van der Waals surface area contributed by atoms with Crippen molar-refractivity contribution in [3.63, 3.8) is 0 Å². The molecule has 3 N–H and O–H groups in total. The Morgan fingerprint density at radius 1 is 1.62 bits per heavy atom. The van der Waals surface area contributed by atoms with E-state index in [9.17, 15) is 9.18 Å². The number of hydrogen-bond acceptors (Lipinski definition) is 4. The van der Waals surface area contributed by atoms with Crippen molar-refractivity contribution in [2.75, 3.05) is 5.32 Å². The van der Waals surface area contributed by atoms with Gasteiger partial charge in [-0.05, 0) is 19.1 Å². The highest BCUT2D eigenvalue weighted by molar-refractivity contribution is 7.22. The minimum Gasteiger partial charge on any atom is -0.368 e. The number of amides is 1. The number of halogens is 1. The molecular weight excluding hydrogens is 229 g/mol. The molecule has 1 heterocycles. The third-order valence-electron chi connectivity index (χ3n) is 2.12. The van der Waals surface area contributed by atoms with Crippen LogP contribution in [-0.2, 0) is 4.79 Å². The Hall–Kier alpha value is -1.69. The first kappa shape index (κ1) is 10.8. The lowest BCUT2D eigenvalue weighted by molar-refractivity contribution is -0.118. The Balaban J connectivity index is 2.29. The van der Waals surface area contributed by atoms with Crippen LogP contribution in [0, 0.1) is 5.82 Å². The molecule has 4 nitrogen and oxygen atoms in total. The summed E-state index contributed by atoms with van der Waals surface area (Å²) in [6, 6.07) is 3.89. The van der Waals surface area contributed by atoms with E-state index in [4.69, 9.17) is 5.73 Å². The fraction of sp³-hybridized carbons (Fsp3) is 0.200. The maximum Gasteiger partial charge on any atom is 0.239 e. The first-order valence-electron chi connectivity index (χ1n) is 4.68. The highest BCUT2D eigenvalue weighted by atomic mass is 32.1. The average Bonchev–Trinajstić information content (AvgIpc) is 2.58. The summed E-state index contributed by atoms with van der Waals surface area (Å²) in [5.41, 5.74) is 5.69. The lowest BCUT2D eigenvalue weighted by Gasteiger charge is -2.06. The van der Waals surface area contributed by atoms with E-state index in [-0.39, 0.29) is 5.82 Å². The van der Waals surface area contributed by atoms with Crippen molar-refractivity contribution in [3.8, 4) is 0 Å². The summed E-state index contributed by atoms with van der Waals surface area (Å²) in [7, 11) is 0. The number of carbonyl (C=O) groups is 1. The van der Waals surface area contributed by atoms with E-state index in [1.807, 2.05) is 0 Å². The Morgan fingerprint density at radius 2 is 2.38 bits per heavy atom. The van der Waals surface area contributed by atoms with Crippen LogP contribution in [0.3, 0.4) is 0 Å². The molecule has 16 heavy (non-hydrogen) atoms. The molecule has 1 atom stereocenters. The van der Waals surface area contributed by atoms with E-state index < -0.39 is 11.9 Å². The van der Waals surface area contributed by atoms with E-state index in [0.29, 0.717) is 10.6 Å². The number of fused-ring (bicyclic) bond motifs is 1. The van der Waals surface area contributed by atoms with Gasteiger partial charge in [-0.3, -0.25) is 4.79 Å². The maximum atomic E-state index is 12.9. The van der Waals surface area contributed by atoms with Gasteiger partial charge in [0.05, 0.1) is 10.2 Å². The first-order valence-corrected chi connectivity index (χ1v) is 5.50. The molecule has 0 saturated carbocycles. The van der Waals surface area contributed by atoms with Crippen LogP contribution in [0.4, 0.5) is 9.52 Å². The molecule has 1 amide bonds. The molecule has 84 valence electrons. The van der Waals surface area contributed by atoms with Gasteiger partial charge < -0.3 is 11.1 Å². The van der Waals surface area contributed by atoms with E-state index >= 15 is 0 Å². The van der Waals surface area contributed by atoms with Crippen molar-refractivity contribution >= 4 is 32.6 Å². The number of carbonyl (C=O) groups excluding carboxylic acids is 1. The molecule has 0 bridgehead atoms. The fourth-order valence-corrected chi connectivity index (χ4v) is 2.15. The van der Waals surface area contributed by atoms with Crippen molar-refractivity contribution < 1.29 is 9.18 Å². The van der Waals surface area contributed by atoms with Gasteiger partial charge in [0.15, 0.2) is 5.13 Å². The lowest BCUT2D eigenvalue weighted by Crippen LogP contribution is -2.32. The molecule has 0 aliphatic heterocycles. The number of thiazole rings is 1. The Bertz CT molecular complexity index is 540. The van der Waals surface area contributed by atoms with Crippen molar-refractivity contribution in [3.05, 3.63) is 24.0 Å². The number of rotatable bonds is 3. The summed E-state index contributed by atoms with van der Waals surface area (Å²) < 4.78 is 13.8. The molecule has 0 aliphatic rings. The molecule has 2 rings (SSSR count). The summed E-state index contributed by atoms with van der Waals surface area (Å²) >= 11 is 1.36. The number of primary amides is 1. The molecule has 2 aromatic rings. The third kappa shape index (κ3) is 2.11. The van der Waals surface area contributed by atoms with Crippen LogP contribution in [-0.4, -0.2) is 16.9 Å². The Morgan fingerprint density at radius 3 is 3.06 bits per heavy atom. The van der Waals surface area contributed by atoms with Crippen LogP contribution in [0.5, 0.6) is 0 Å². The van der Waals surface area contributed by atoms with Crippen molar-refractivity contribution in [2.45, 2.75) is 13.0 Å². The van der Waals surface area contributed by atoms with Crippen LogP contribution in [0.25, 0.3) is 10.2 Å². The van der Waals surface area contributed by atoms with E-state index in [0.717, 1.165) is 4.70 Å². The van der Waals surface area contributed by atoms with Crippen LogP contribution in [0.2, 0.25) is 0 Å². The van der Waals surface area contributed by atoms with Crippen molar-refractivity contribution in [1.29, 1.82) is 0 Å². The topological polar surface area (TPSA) is 68.0 Å². The number of aromatic nitrogens is 1. The molecule has 1 aromatic carbocycles. The summed E-state index contributed by atoms with van der Waals surface area (Å²) in [5, 5.41) is 3.42. The van der Waals surface area contributed by atoms with Crippen molar-refractivity contribution in [1.82, 2.24) is 4.98 Å². The van der Waals surface area contributed by atoms with Crippen LogP contribution in [0.15, 0.2) is 18.2 Å². The average molecular weight is 239 g/mol. The summed E-state index contributed by atoms with van der Waals surface area (Å²) in [6.07, 6.45) is 0. The number of nitrogens with zero attached hydrogens (tertiary/aromatic N) is 1. The van der Waals surface area contributed by atoms with Gasteiger partial charge in [-0.25, -0.2) is 9.37 Å². The zero-order valence-corrected chi connectivity index (χ0v) is 9.34. The van der Waals surface area contributed by atoms with Crippen LogP contribution >= 0.6 is 11.3 Å². The summed E-state index contributed by atoms with van der Waals surface area (Å²) in [5.74, 6) is -0.780. The minimum atomic E-state index is -0.495. The molecule has 0 saturated heterocycles. The zero-order chi connectivity index (χ0) is 11.7. The van der Waals surface area contributed by atoms with E-state index in [2.05, 4.69) is 10.3 Å². The molecule has 0 radical (unpaired) electrons. The third-order valence-corrected chi connectivity index (χ3v) is 3.08. The molecule has 1 aromatic heterocycles. The molecule has 1 unspecified atom stereocenters. The van der Waals surface area contributed by atoms with E-state index in [1.165, 1.54) is 23.5 Å². The van der Waals surface area contributed by atoms with Gasteiger partial charge >= 0.3 is 0 Å². The Labute approximate surface area is 95.3 Å². The van der Waals surface area contributed by atoms with Crippen LogP contribution in [0.1, 0.15) is 6.92 Å². The Kier molecular flexibility index (Phi) is 2.74. The molecule has 0 aliphatic carbocycles. The second-order valence-corrected chi connectivity index (χ2v) is 4.43. The summed E-state index contributed by atoms with van der Waals surface area (Å²) in [6.45, 7) is 1.65. The maximum absolute atomic E-state index is 12.9. The molecular formula is C10H10FN3OS. The number of benzene rings is 1. The van der Waals surface area contributed by atoms with Gasteiger partial charge in [0.1, 0.15) is 11.9 Å². The standard InChI is InChI=1S/C10H10FN3OS/c1-5(9(12)15)13-10-14-7-4-6(11)2-3-8(7)16-10/h2-5H,1H3,(H2,12,15)(H,13,14). The smallest absolute Gasteiger partial charge is 0.239 e. The highest BCUT2D eigenvalue weighted by Crippen LogP contribution is 2.26. The SMILES string of the molecule is CC(Nc1nc2cc(F)ccc2s1)C(N)=O. The van der Waals surface area contributed by atoms with Crippen molar-refractivity contribution in [2.24, 2.45) is 5.73 Å². The number of nitrogens with two attached hydrogens (primary N) is 1. The molecule has 6 heteroatoms. The number of nitrogens with one attached hydrogen (secondary N) is 1. The van der Waals surface area contributed by atoms with Gasteiger partial charge in [-0.1, -0.05) is 11.3 Å².